The molecule has 3 rings (SSSR count). The summed E-state index contributed by atoms with van der Waals surface area (Å²) >= 11 is 2.90. The molecule has 4 nitrogen and oxygen atoms in total. The number of carbonyl (C=O) groups is 2. The average Bonchev–Trinajstić information content (AvgIpc) is 3.23. The maximum absolute atomic E-state index is 12.7. The van der Waals surface area contributed by atoms with E-state index in [1.54, 1.807) is 6.07 Å². The standard InChI is InChI=1S/C22H22N2O2S2/c1-3-19(21(25)23-16-11-9-15(2)10-12-16)28-18-7-4-6-17(14-18)24-22(26)20-8-5-13-27-20/h4-14,19H,3H2,1-2H3,(H,23,25)(H,24,26). The number of anilines is 2. The van der Waals surface area contributed by atoms with Crippen LogP contribution in [0.5, 0.6) is 0 Å². The summed E-state index contributed by atoms with van der Waals surface area (Å²) in [5.74, 6) is -0.148. The first-order valence-electron chi connectivity index (χ1n) is 9.04. The normalized spacial score (nSPS) is 11.6. The van der Waals surface area contributed by atoms with Crippen LogP contribution >= 0.6 is 23.1 Å². The molecule has 0 radical (unpaired) electrons. The second-order valence-corrected chi connectivity index (χ2v) is 8.55. The molecule has 0 saturated heterocycles. The molecule has 1 heterocycles. The van der Waals surface area contributed by atoms with Gasteiger partial charge in [-0.2, -0.15) is 0 Å². The van der Waals surface area contributed by atoms with E-state index in [1.165, 1.54) is 23.1 Å². The van der Waals surface area contributed by atoms with E-state index in [1.807, 2.05) is 73.8 Å². The molecule has 2 aromatic carbocycles. The molecule has 1 atom stereocenters. The van der Waals surface area contributed by atoms with E-state index >= 15 is 0 Å². The first-order chi connectivity index (χ1) is 13.5. The summed E-state index contributed by atoms with van der Waals surface area (Å²) in [5, 5.41) is 7.54. The minimum absolute atomic E-state index is 0.0237. The number of carbonyl (C=O) groups excluding carboxylic acids is 2. The summed E-state index contributed by atoms with van der Waals surface area (Å²) in [6.07, 6.45) is 0.703. The van der Waals surface area contributed by atoms with Crippen molar-refractivity contribution in [1.29, 1.82) is 0 Å². The van der Waals surface area contributed by atoms with Crippen LogP contribution in [-0.2, 0) is 4.79 Å². The van der Waals surface area contributed by atoms with Crippen LogP contribution in [0.25, 0.3) is 0 Å². The summed E-state index contributed by atoms with van der Waals surface area (Å²) in [7, 11) is 0. The molecule has 144 valence electrons. The van der Waals surface area contributed by atoms with Crippen molar-refractivity contribution in [3.63, 3.8) is 0 Å². The number of aryl methyl sites for hydroxylation is 1. The lowest BCUT2D eigenvalue weighted by Crippen LogP contribution is -2.24. The highest BCUT2D eigenvalue weighted by atomic mass is 32.2. The van der Waals surface area contributed by atoms with Crippen LogP contribution in [0.3, 0.4) is 0 Å². The van der Waals surface area contributed by atoms with Gasteiger partial charge in [-0.1, -0.05) is 36.8 Å². The predicted octanol–water partition coefficient (Wildman–Crippen LogP) is 5.82. The third-order valence-corrected chi connectivity index (χ3v) is 6.32. The van der Waals surface area contributed by atoms with Crippen LogP contribution in [-0.4, -0.2) is 17.1 Å². The Morgan fingerprint density at radius 1 is 1.00 bits per heavy atom. The Hall–Kier alpha value is -2.57. The molecule has 1 aromatic heterocycles. The van der Waals surface area contributed by atoms with E-state index in [9.17, 15) is 9.59 Å². The summed E-state index contributed by atoms with van der Waals surface area (Å²) in [5.41, 5.74) is 2.67. The SMILES string of the molecule is CCC(Sc1cccc(NC(=O)c2cccs2)c1)C(=O)Nc1ccc(C)cc1. The number of hydrogen-bond acceptors (Lipinski definition) is 4. The fourth-order valence-corrected chi connectivity index (χ4v) is 4.23. The molecule has 0 bridgehead atoms. The number of hydrogen-bond donors (Lipinski definition) is 2. The number of amides is 2. The van der Waals surface area contributed by atoms with Crippen molar-refractivity contribution in [2.24, 2.45) is 0 Å². The number of thiophene rings is 1. The molecule has 1 unspecified atom stereocenters. The molecule has 3 aromatic rings. The van der Waals surface area contributed by atoms with Crippen molar-refractivity contribution in [3.8, 4) is 0 Å². The quantitative estimate of drug-likeness (QED) is 0.483. The smallest absolute Gasteiger partial charge is 0.265 e. The third kappa shape index (κ3) is 5.47. The highest BCUT2D eigenvalue weighted by molar-refractivity contribution is 8.00. The van der Waals surface area contributed by atoms with Gasteiger partial charge in [0.2, 0.25) is 5.91 Å². The minimum Gasteiger partial charge on any atom is -0.325 e. The zero-order chi connectivity index (χ0) is 19.9. The molecule has 6 heteroatoms. The van der Waals surface area contributed by atoms with Gasteiger partial charge in [0, 0.05) is 16.3 Å². The molecule has 0 aliphatic rings. The Morgan fingerprint density at radius 3 is 2.46 bits per heavy atom. The van der Waals surface area contributed by atoms with Crippen LogP contribution in [0.4, 0.5) is 11.4 Å². The maximum atomic E-state index is 12.7. The van der Waals surface area contributed by atoms with Gasteiger partial charge >= 0.3 is 0 Å². The first kappa shape index (κ1) is 20.2. The molecule has 2 N–H and O–H groups in total. The zero-order valence-electron chi connectivity index (χ0n) is 15.8. The van der Waals surface area contributed by atoms with Crippen molar-refractivity contribution in [2.45, 2.75) is 30.4 Å². The van der Waals surface area contributed by atoms with Crippen LogP contribution < -0.4 is 10.6 Å². The van der Waals surface area contributed by atoms with Gasteiger partial charge in [0.15, 0.2) is 0 Å². The second-order valence-electron chi connectivity index (χ2n) is 6.33. The van der Waals surface area contributed by atoms with Crippen LogP contribution in [0.2, 0.25) is 0 Å². The van der Waals surface area contributed by atoms with Crippen molar-refractivity contribution < 1.29 is 9.59 Å². The maximum Gasteiger partial charge on any atom is 0.265 e. The number of benzene rings is 2. The van der Waals surface area contributed by atoms with E-state index < -0.39 is 0 Å². The molecule has 0 aliphatic carbocycles. The van der Waals surface area contributed by atoms with Gasteiger partial charge in [-0.25, -0.2) is 0 Å². The Bertz CT molecular complexity index is 937. The summed E-state index contributed by atoms with van der Waals surface area (Å²) < 4.78 is 0. The van der Waals surface area contributed by atoms with Crippen LogP contribution in [0.1, 0.15) is 28.6 Å². The van der Waals surface area contributed by atoms with Gasteiger partial charge in [-0.3, -0.25) is 9.59 Å². The van der Waals surface area contributed by atoms with E-state index in [4.69, 9.17) is 0 Å². The Kier molecular flexibility index (Phi) is 6.90. The van der Waals surface area contributed by atoms with E-state index in [0.717, 1.165) is 21.8 Å². The van der Waals surface area contributed by atoms with E-state index in [-0.39, 0.29) is 17.1 Å². The summed E-state index contributed by atoms with van der Waals surface area (Å²) in [4.78, 5) is 26.5. The Morgan fingerprint density at radius 2 is 1.79 bits per heavy atom. The molecule has 0 spiro atoms. The van der Waals surface area contributed by atoms with E-state index in [2.05, 4.69) is 10.6 Å². The van der Waals surface area contributed by atoms with Crippen molar-refractivity contribution in [2.75, 3.05) is 10.6 Å². The van der Waals surface area contributed by atoms with Crippen LogP contribution in [0, 0.1) is 6.92 Å². The highest BCUT2D eigenvalue weighted by Gasteiger charge is 2.18. The zero-order valence-corrected chi connectivity index (χ0v) is 17.4. The fraction of sp³-hybridized carbons (Fsp3) is 0.182. The Balaban J connectivity index is 1.64. The fourth-order valence-electron chi connectivity index (χ4n) is 2.59. The largest absolute Gasteiger partial charge is 0.325 e. The van der Waals surface area contributed by atoms with Crippen molar-refractivity contribution in [1.82, 2.24) is 0 Å². The van der Waals surface area contributed by atoms with Crippen LogP contribution in [0.15, 0.2) is 70.9 Å². The predicted molar refractivity (Wildman–Crippen MR) is 118 cm³/mol. The van der Waals surface area contributed by atoms with E-state index in [0.29, 0.717) is 11.3 Å². The average molecular weight is 411 g/mol. The lowest BCUT2D eigenvalue weighted by atomic mass is 10.2. The number of thioether (sulfide) groups is 1. The lowest BCUT2D eigenvalue weighted by molar-refractivity contribution is -0.115. The lowest BCUT2D eigenvalue weighted by Gasteiger charge is -2.15. The van der Waals surface area contributed by atoms with Gasteiger partial charge in [-0.15, -0.1) is 23.1 Å². The molecular weight excluding hydrogens is 388 g/mol. The molecule has 0 aliphatic heterocycles. The first-order valence-corrected chi connectivity index (χ1v) is 10.8. The molecule has 28 heavy (non-hydrogen) atoms. The summed E-state index contributed by atoms with van der Waals surface area (Å²) in [6.45, 7) is 4.01. The topological polar surface area (TPSA) is 58.2 Å². The van der Waals surface area contributed by atoms with Gasteiger partial charge in [0.1, 0.15) is 0 Å². The highest BCUT2D eigenvalue weighted by Crippen LogP contribution is 2.29. The van der Waals surface area contributed by atoms with Gasteiger partial charge in [0.05, 0.1) is 10.1 Å². The van der Waals surface area contributed by atoms with Gasteiger partial charge in [0.25, 0.3) is 5.91 Å². The summed E-state index contributed by atoms with van der Waals surface area (Å²) in [6, 6.07) is 19.0. The molecular formula is C22H22N2O2S2. The minimum atomic E-state index is -0.218. The Labute approximate surface area is 173 Å². The second kappa shape index (κ2) is 9.57. The molecule has 2 amide bonds. The van der Waals surface area contributed by atoms with Crippen molar-refractivity contribution in [3.05, 3.63) is 76.5 Å². The third-order valence-electron chi connectivity index (χ3n) is 4.10. The van der Waals surface area contributed by atoms with Crippen molar-refractivity contribution >= 4 is 46.3 Å². The number of nitrogens with one attached hydrogen (secondary N) is 2. The number of rotatable bonds is 7. The molecule has 0 fully saturated rings. The van der Waals surface area contributed by atoms with Gasteiger partial charge < -0.3 is 10.6 Å². The molecule has 0 saturated carbocycles. The monoisotopic (exact) mass is 410 g/mol. The van der Waals surface area contributed by atoms with Gasteiger partial charge in [-0.05, 0) is 55.1 Å².